The van der Waals surface area contributed by atoms with E-state index >= 15 is 0 Å². The lowest BCUT2D eigenvalue weighted by Gasteiger charge is -2.22. The average molecular weight is 388 g/mol. The molecule has 5 heteroatoms. The van der Waals surface area contributed by atoms with E-state index in [-0.39, 0.29) is 6.04 Å². The molecule has 0 heterocycles. The monoisotopic (exact) mass is 387 g/mol. The summed E-state index contributed by atoms with van der Waals surface area (Å²) in [4.78, 5) is 0.317. The molecule has 2 aromatic carbocycles. The van der Waals surface area contributed by atoms with Crippen molar-refractivity contribution in [3.8, 4) is 5.75 Å². The lowest BCUT2D eigenvalue weighted by Crippen LogP contribution is -2.29. The van der Waals surface area contributed by atoms with E-state index < -0.39 is 10.0 Å². The SMILES string of the molecule is CCC(NS(=O)(=O)c1ccc(OC)c(C)c1C)c1ccc2c(c1)CCCC2. The van der Waals surface area contributed by atoms with Crippen LogP contribution in [0.3, 0.4) is 0 Å². The van der Waals surface area contributed by atoms with Crippen LogP contribution in [0.5, 0.6) is 5.75 Å². The molecule has 146 valence electrons. The lowest BCUT2D eigenvalue weighted by atomic mass is 9.89. The minimum absolute atomic E-state index is 0.232. The first-order chi connectivity index (χ1) is 12.9. The van der Waals surface area contributed by atoms with Gasteiger partial charge in [0.1, 0.15) is 5.75 Å². The van der Waals surface area contributed by atoms with Gasteiger partial charge in [0.05, 0.1) is 12.0 Å². The summed E-state index contributed by atoms with van der Waals surface area (Å²) >= 11 is 0. The number of ether oxygens (including phenoxy) is 1. The highest BCUT2D eigenvalue weighted by Gasteiger charge is 2.24. The van der Waals surface area contributed by atoms with Gasteiger partial charge in [-0.2, -0.15) is 0 Å². The summed E-state index contributed by atoms with van der Waals surface area (Å²) in [7, 11) is -2.03. The van der Waals surface area contributed by atoms with Gasteiger partial charge in [-0.1, -0.05) is 25.1 Å². The van der Waals surface area contributed by atoms with Crippen molar-refractivity contribution in [3.63, 3.8) is 0 Å². The normalized spacial score (nSPS) is 15.3. The zero-order chi connectivity index (χ0) is 19.6. The van der Waals surface area contributed by atoms with Crippen LogP contribution in [-0.4, -0.2) is 15.5 Å². The average Bonchev–Trinajstić information content (AvgIpc) is 2.67. The molecule has 27 heavy (non-hydrogen) atoms. The molecule has 0 bridgehead atoms. The highest BCUT2D eigenvalue weighted by atomic mass is 32.2. The number of hydrogen-bond acceptors (Lipinski definition) is 3. The van der Waals surface area contributed by atoms with Crippen molar-refractivity contribution >= 4 is 10.0 Å². The van der Waals surface area contributed by atoms with E-state index in [1.807, 2.05) is 20.8 Å². The van der Waals surface area contributed by atoms with Crippen molar-refractivity contribution in [2.45, 2.75) is 63.8 Å². The number of sulfonamides is 1. The summed E-state index contributed by atoms with van der Waals surface area (Å²) in [6.45, 7) is 5.72. The van der Waals surface area contributed by atoms with Gasteiger partial charge in [-0.15, -0.1) is 0 Å². The summed E-state index contributed by atoms with van der Waals surface area (Å²) in [5, 5.41) is 0. The molecule has 2 aromatic rings. The molecule has 3 rings (SSSR count). The van der Waals surface area contributed by atoms with Crippen LogP contribution in [0.1, 0.15) is 60.0 Å². The number of hydrogen-bond donors (Lipinski definition) is 1. The zero-order valence-corrected chi connectivity index (χ0v) is 17.4. The summed E-state index contributed by atoms with van der Waals surface area (Å²) < 4.78 is 34.4. The van der Waals surface area contributed by atoms with E-state index in [9.17, 15) is 8.42 Å². The highest BCUT2D eigenvalue weighted by Crippen LogP contribution is 2.30. The minimum atomic E-state index is -3.62. The molecule has 1 aliphatic carbocycles. The molecule has 0 saturated carbocycles. The summed E-state index contributed by atoms with van der Waals surface area (Å²) in [5.74, 6) is 0.702. The maximum Gasteiger partial charge on any atom is 0.241 e. The molecule has 0 fully saturated rings. The van der Waals surface area contributed by atoms with Crippen molar-refractivity contribution in [2.24, 2.45) is 0 Å². The van der Waals surface area contributed by atoms with Gasteiger partial charge in [0.2, 0.25) is 10.0 Å². The second-order valence-corrected chi connectivity index (χ2v) is 9.02. The fourth-order valence-electron chi connectivity index (χ4n) is 3.89. The lowest BCUT2D eigenvalue weighted by molar-refractivity contribution is 0.410. The highest BCUT2D eigenvalue weighted by molar-refractivity contribution is 7.89. The van der Waals surface area contributed by atoms with Crippen molar-refractivity contribution in [3.05, 3.63) is 58.1 Å². The van der Waals surface area contributed by atoms with E-state index in [0.29, 0.717) is 17.1 Å². The summed E-state index contributed by atoms with van der Waals surface area (Å²) in [6, 6.07) is 9.55. The van der Waals surface area contributed by atoms with Gasteiger partial charge in [-0.05, 0) is 85.9 Å². The predicted molar refractivity (Wildman–Crippen MR) is 109 cm³/mol. The smallest absolute Gasteiger partial charge is 0.241 e. The van der Waals surface area contributed by atoms with Crippen LogP contribution in [0.15, 0.2) is 35.2 Å². The second-order valence-electron chi connectivity index (χ2n) is 7.33. The topological polar surface area (TPSA) is 55.4 Å². The number of fused-ring (bicyclic) bond motifs is 1. The van der Waals surface area contributed by atoms with E-state index in [1.165, 1.54) is 24.0 Å². The first-order valence-electron chi connectivity index (χ1n) is 9.65. The molecule has 1 atom stereocenters. The maximum absolute atomic E-state index is 13.1. The van der Waals surface area contributed by atoms with Gasteiger partial charge in [0.25, 0.3) is 0 Å². The van der Waals surface area contributed by atoms with Crippen LogP contribution >= 0.6 is 0 Å². The Labute approximate surface area is 163 Å². The van der Waals surface area contributed by atoms with Crippen molar-refractivity contribution < 1.29 is 13.2 Å². The minimum Gasteiger partial charge on any atom is -0.496 e. The molecule has 1 aliphatic rings. The van der Waals surface area contributed by atoms with E-state index in [1.54, 1.807) is 19.2 Å². The molecule has 0 aromatic heterocycles. The van der Waals surface area contributed by atoms with E-state index in [2.05, 4.69) is 22.9 Å². The van der Waals surface area contributed by atoms with Gasteiger partial charge >= 0.3 is 0 Å². The van der Waals surface area contributed by atoms with Gasteiger partial charge in [-0.25, -0.2) is 13.1 Å². The number of nitrogens with one attached hydrogen (secondary N) is 1. The first-order valence-corrected chi connectivity index (χ1v) is 11.1. The molecule has 0 aliphatic heterocycles. The zero-order valence-electron chi connectivity index (χ0n) is 16.6. The van der Waals surface area contributed by atoms with Gasteiger partial charge < -0.3 is 4.74 Å². The molecule has 0 spiro atoms. The Balaban J connectivity index is 1.91. The molecule has 1 N–H and O–H groups in total. The molecular weight excluding hydrogens is 358 g/mol. The number of benzene rings is 2. The Kier molecular flexibility index (Phi) is 5.92. The van der Waals surface area contributed by atoms with E-state index in [0.717, 1.165) is 29.5 Å². The fraction of sp³-hybridized carbons (Fsp3) is 0.455. The molecule has 0 amide bonds. The molecular formula is C22H29NO3S. The molecule has 0 radical (unpaired) electrons. The van der Waals surface area contributed by atoms with Gasteiger partial charge in [0, 0.05) is 6.04 Å². The van der Waals surface area contributed by atoms with Crippen LogP contribution in [0, 0.1) is 13.8 Å². The molecule has 1 unspecified atom stereocenters. The van der Waals surface area contributed by atoms with Crippen molar-refractivity contribution in [1.82, 2.24) is 4.72 Å². The second kappa shape index (κ2) is 8.03. The third-order valence-electron chi connectivity index (χ3n) is 5.68. The Hall–Kier alpha value is -1.85. The Morgan fingerprint density at radius 1 is 1.04 bits per heavy atom. The largest absolute Gasteiger partial charge is 0.496 e. The summed E-state index contributed by atoms with van der Waals surface area (Å²) in [6.07, 6.45) is 5.37. The number of rotatable bonds is 6. The van der Waals surface area contributed by atoms with Gasteiger partial charge in [0.15, 0.2) is 0 Å². The standard InChI is InChI=1S/C22H29NO3S/c1-5-20(19-11-10-17-8-6-7-9-18(17)14-19)23-27(24,25)22-13-12-21(26-4)15(2)16(22)3/h10-14,20,23H,5-9H2,1-4H3. The molecule has 0 saturated heterocycles. The quantitative estimate of drug-likeness (QED) is 0.787. The van der Waals surface area contributed by atoms with Crippen LogP contribution in [-0.2, 0) is 22.9 Å². The van der Waals surface area contributed by atoms with E-state index in [4.69, 9.17) is 4.74 Å². The Morgan fingerprint density at radius 2 is 1.74 bits per heavy atom. The van der Waals surface area contributed by atoms with Crippen LogP contribution in [0.2, 0.25) is 0 Å². The van der Waals surface area contributed by atoms with Crippen LogP contribution in [0.4, 0.5) is 0 Å². The van der Waals surface area contributed by atoms with Crippen LogP contribution < -0.4 is 9.46 Å². The predicted octanol–water partition coefficient (Wildman–Crippen LogP) is 4.62. The maximum atomic E-state index is 13.1. The third kappa shape index (κ3) is 4.04. The fourth-order valence-corrected chi connectivity index (χ4v) is 5.50. The Bertz CT molecular complexity index is 935. The molecule has 4 nitrogen and oxygen atoms in total. The first kappa shape index (κ1) is 19.9. The summed E-state index contributed by atoms with van der Waals surface area (Å²) in [5.41, 5.74) is 5.39. The number of aryl methyl sites for hydroxylation is 2. The van der Waals surface area contributed by atoms with Crippen molar-refractivity contribution in [1.29, 1.82) is 0 Å². The number of methoxy groups -OCH3 is 1. The van der Waals surface area contributed by atoms with Crippen molar-refractivity contribution in [2.75, 3.05) is 7.11 Å². The van der Waals surface area contributed by atoms with Gasteiger partial charge in [-0.3, -0.25) is 0 Å². The van der Waals surface area contributed by atoms with Crippen LogP contribution in [0.25, 0.3) is 0 Å². The third-order valence-corrected chi connectivity index (χ3v) is 7.29. The Morgan fingerprint density at radius 3 is 2.41 bits per heavy atom.